The van der Waals surface area contributed by atoms with Crippen LogP contribution in [-0.4, -0.2) is 47.8 Å². The van der Waals surface area contributed by atoms with Crippen molar-refractivity contribution in [3.05, 3.63) is 52.3 Å². The fourth-order valence-corrected chi connectivity index (χ4v) is 3.11. The fourth-order valence-electron chi connectivity index (χ4n) is 3.11. The van der Waals surface area contributed by atoms with E-state index < -0.39 is 17.7 Å². The van der Waals surface area contributed by atoms with Crippen LogP contribution in [0.15, 0.2) is 23.2 Å². The number of nitrogens with zero attached hydrogens (tertiary/aromatic N) is 4. The highest BCUT2D eigenvalue weighted by atomic mass is 19.1. The first-order valence-corrected chi connectivity index (χ1v) is 9.37. The minimum absolute atomic E-state index is 0.0507. The molecule has 0 fully saturated rings. The van der Waals surface area contributed by atoms with Gasteiger partial charge in [0.1, 0.15) is 11.6 Å². The number of rotatable bonds is 7. The second kappa shape index (κ2) is 9.64. The molecule has 28 heavy (non-hydrogen) atoms. The predicted molar refractivity (Wildman–Crippen MR) is 108 cm³/mol. The Kier molecular flexibility index (Phi) is 7.51. The van der Waals surface area contributed by atoms with Gasteiger partial charge in [-0.25, -0.2) is 13.8 Å². The first kappa shape index (κ1) is 21.8. The van der Waals surface area contributed by atoms with Crippen LogP contribution in [0.4, 0.5) is 8.78 Å². The van der Waals surface area contributed by atoms with E-state index in [9.17, 15) is 8.78 Å². The molecule has 0 aliphatic heterocycles. The number of aliphatic imine (C=N–C) groups is 1. The highest BCUT2D eigenvalue weighted by Gasteiger charge is 2.22. The van der Waals surface area contributed by atoms with Crippen LogP contribution >= 0.6 is 0 Å². The van der Waals surface area contributed by atoms with Crippen molar-refractivity contribution < 1.29 is 8.78 Å². The molecule has 0 saturated heterocycles. The van der Waals surface area contributed by atoms with Gasteiger partial charge in [-0.15, -0.1) is 0 Å². The smallest absolute Gasteiger partial charge is 0.191 e. The third-order valence-electron chi connectivity index (χ3n) is 4.82. The van der Waals surface area contributed by atoms with Crippen LogP contribution in [0.2, 0.25) is 0 Å². The van der Waals surface area contributed by atoms with Crippen LogP contribution in [0, 0.1) is 25.5 Å². The summed E-state index contributed by atoms with van der Waals surface area (Å²) in [5.41, 5.74) is 3.13. The van der Waals surface area contributed by atoms with Crippen molar-refractivity contribution in [2.45, 2.75) is 33.4 Å². The number of hydrogen-bond acceptors (Lipinski definition) is 3. The maximum atomic E-state index is 14.2. The number of halogens is 2. The summed E-state index contributed by atoms with van der Waals surface area (Å²) in [6.45, 7) is 7.40. The lowest BCUT2D eigenvalue weighted by Crippen LogP contribution is -2.42. The van der Waals surface area contributed by atoms with Crippen LogP contribution < -0.4 is 10.6 Å². The van der Waals surface area contributed by atoms with Gasteiger partial charge in [-0.2, -0.15) is 5.10 Å². The van der Waals surface area contributed by atoms with Crippen molar-refractivity contribution in [3.8, 4) is 0 Å². The summed E-state index contributed by atoms with van der Waals surface area (Å²) >= 11 is 0. The summed E-state index contributed by atoms with van der Waals surface area (Å²) in [7, 11) is 5.50. The van der Waals surface area contributed by atoms with Gasteiger partial charge in [0.05, 0.1) is 18.3 Å². The number of guanidine groups is 1. The molecule has 1 heterocycles. The van der Waals surface area contributed by atoms with Gasteiger partial charge >= 0.3 is 0 Å². The van der Waals surface area contributed by atoms with Crippen molar-refractivity contribution in [3.63, 3.8) is 0 Å². The second-order valence-electron chi connectivity index (χ2n) is 6.96. The van der Waals surface area contributed by atoms with E-state index in [1.165, 1.54) is 18.2 Å². The van der Waals surface area contributed by atoms with Crippen molar-refractivity contribution in [1.82, 2.24) is 25.3 Å². The minimum atomic E-state index is -0.552. The highest BCUT2D eigenvalue weighted by molar-refractivity contribution is 5.79. The Hall–Kier alpha value is -2.48. The minimum Gasteiger partial charge on any atom is -0.357 e. The first-order valence-electron chi connectivity index (χ1n) is 9.37. The summed E-state index contributed by atoms with van der Waals surface area (Å²) < 4.78 is 30.3. The molecule has 6 nitrogen and oxygen atoms in total. The highest BCUT2D eigenvalue weighted by Crippen LogP contribution is 2.23. The summed E-state index contributed by atoms with van der Waals surface area (Å²) in [4.78, 5) is 6.41. The molecular formula is C20H30F2N6. The molecule has 1 atom stereocenters. The topological polar surface area (TPSA) is 57.5 Å². The molecule has 0 spiro atoms. The van der Waals surface area contributed by atoms with E-state index in [1.807, 2.05) is 32.5 Å². The molecule has 0 amide bonds. The monoisotopic (exact) mass is 392 g/mol. The van der Waals surface area contributed by atoms with E-state index in [2.05, 4.69) is 20.7 Å². The maximum Gasteiger partial charge on any atom is 0.191 e. The molecular weight excluding hydrogens is 362 g/mol. The van der Waals surface area contributed by atoms with Gasteiger partial charge in [0.2, 0.25) is 0 Å². The molecule has 8 heteroatoms. The SMILES string of the molecule is CCNC(=NCc1c(C)nn(C)c1C)NCC(c1c(F)cccc1F)N(C)C. The Morgan fingerprint density at radius 2 is 1.86 bits per heavy atom. The number of aromatic nitrogens is 2. The number of likely N-dealkylation sites (N-methyl/N-ethyl adjacent to an activating group) is 1. The van der Waals surface area contributed by atoms with Gasteiger partial charge in [-0.1, -0.05) is 6.07 Å². The molecule has 0 bridgehead atoms. The van der Waals surface area contributed by atoms with E-state index in [1.54, 1.807) is 19.0 Å². The average Bonchev–Trinajstić information content (AvgIpc) is 2.86. The summed E-state index contributed by atoms with van der Waals surface area (Å²) in [5.74, 6) is -0.512. The van der Waals surface area contributed by atoms with Crippen LogP contribution in [0.25, 0.3) is 0 Å². The maximum absolute atomic E-state index is 14.2. The number of nitrogens with one attached hydrogen (secondary N) is 2. The predicted octanol–water partition coefficient (Wildman–Crippen LogP) is 2.67. The van der Waals surface area contributed by atoms with Crippen LogP contribution in [0.3, 0.4) is 0 Å². The summed E-state index contributed by atoms with van der Waals surface area (Å²) in [5, 5.41) is 10.8. The third kappa shape index (κ3) is 5.07. The molecule has 1 aromatic heterocycles. The number of benzene rings is 1. The lowest BCUT2D eigenvalue weighted by atomic mass is 10.0. The van der Waals surface area contributed by atoms with Gasteiger partial charge in [0, 0.05) is 37.0 Å². The van der Waals surface area contributed by atoms with Gasteiger partial charge in [0.25, 0.3) is 0 Å². The molecule has 2 aromatic rings. The van der Waals surface area contributed by atoms with Crippen LogP contribution in [0.1, 0.15) is 35.5 Å². The quantitative estimate of drug-likeness (QED) is 0.562. The second-order valence-corrected chi connectivity index (χ2v) is 6.96. The molecule has 0 radical (unpaired) electrons. The lowest BCUT2D eigenvalue weighted by Gasteiger charge is -2.26. The van der Waals surface area contributed by atoms with E-state index in [0.29, 0.717) is 25.6 Å². The largest absolute Gasteiger partial charge is 0.357 e. The van der Waals surface area contributed by atoms with Crippen molar-refractivity contribution in [2.75, 3.05) is 27.2 Å². The zero-order valence-electron chi connectivity index (χ0n) is 17.5. The summed E-state index contributed by atoms with van der Waals surface area (Å²) in [6, 6.07) is 3.45. The third-order valence-corrected chi connectivity index (χ3v) is 4.82. The molecule has 1 unspecified atom stereocenters. The van der Waals surface area contributed by atoms with Crippen LogP contribution in [0.5, 0.6) is 0 Å². The molecule has 0 saturated carbocycles. The normalized spacial score (nSPS) is 13.1. The molecule has 2 rings (SSSR count). The van der Waals surface area contributed by atoms with E-state index in [4.69, 9.17) is 0 Å². The van der Waals surface area contributed by atoms with Crippen molar-refractivity contribution >= 4 is 5.96 Å². The number of aryl methyl sites for hydroxylation is 2. The Labute approximate surface area is 165 Å². The summed E-state index contributed by atoms with van der Waals surface area (Å²) in [6.07, 6.45) is 0. The standard InChI is InChI=1S/C20H30F2N6/c1-7-23-20(24-11-15-13(2)26-28(6)14(15)3)25-12-18(27(4)5)19-16(21)9-8-10-17(19)22/h8-10,18H,7,11-12H2,1-6H3,(H2,23,24,25). The molecule has 1 aromatic carbocycles. The molecule has 154 valence electrons. The fraction of sp³-hybridized carbons (Fsp3) is 0.500. The van der Waals surface area contributed by atoms with Crippen molar-refractivity contribution in [1.29, 1.82) is 0 Å². The van der Waals surface area contributed by atoms with Crippen LogP contribution in [-0.2, 0) is 13.6 Å². The molecule has 0 aliphatic rings. The van der Waals surface area contributed by atoms with Crippen molar-refractivity contribution in [2.24, 2.45) is 12.0 Å². The lowest BCUT2D eigenvalue weighted by molar-refractivity contribution is 0.282. The Morgan fingerprint density at radius 3 is 2.36 bits per heavy atom. The van der Waals surface area contributed by atoms with Gasteiger partial charge in [-0.3, -0.25) is 4.68 Å². The van der Waals surface area contributed by atoms with Gasteiger partial charge in [-0.05, 0) is 47.0 Å². The van der Waals surface area contributed by atoms with E-state index in [0.717, 1.165) is 17.0 Å². The van der Waals surface area contributed by atoms with Gasteiger partial charge < -0.3 is 15.5 Å². The van der Waals surface area contributed by atoms with E-state index >= 15 is 0 Å². The Bertz CT molecular complexity index is 808. The molecule has 0 aliphatic carbocycles. The molecule has 2 N–H and O–H groups in total. The number of hydrogen-bond donors (Lipinski definition) is 2. The Morgan fingerprint density at radius 1 is 1.21 bits per heavy atom. The average molecular weight is 392 g/mol. The first-order chi connectivity index (χ1) is 13.3. The van der Waals surface area contributed by atoms with Gasteiger partial charge in [0.15, 0.2) is 5.96 Å². The zero-order valence-corrected chi connectivity index (χ0v) is 17.5. The zero-order chi connectivity index (χ0) is 20.8. The Balaban J connectivity index is 2.18. The van der Waals surface area contributed by atoms with E-state index in [-0.39, 0.29) is 5.56 Å².